The second kappa shape index (κ2) is 7.08. The minimum absolute atomic E-state index is 0.536. The summed E-state index contributed by atoms with van der Waals surface area (Å²) in [6, 6.07) is -1.32. The van der Waals surface area contributed by atoms with E-state index in [-0.39, 0.29) is 0 Å². The first-order valence-corrected chi connectivity index (χ1v) is 4.50. The molecule has 0 saturated carbocycles. The molecule has 0 aliphatic carbocycles. The Morgan fingerprint density at radius 3 is 1.87 bits per heavy atom. The maximum absolute atomic E-state index is 10.1. The summed E-state index contributed by atoms with van der Waals surface area (Å²) in [5.41, 5.74) is 4.88. The zero-order chi connectivity index (χ0) is 12.6. The molecule has 0 fully saturated rings. The standard InChI is InChI=1S/C4H7NO5.H2O4S/c5-2(4(7)8)1-3(6)10-9;1-5(2,3)4/h2,9H,1,5H2,(H,7,8);(H2,1,2,3,4). The van der Waals surface area contributed by atoms with Gasteiger partial charge in [-0.3, -0.25) is 13.9 Å². The van der Waals surface area contributed by atoms with Gasteiger partial charge in [0.15, 0.2) is 0 Å². The smallest absolute Gasteiger partial charge is 0.394 e. The number of carboxylic acids is 1. The number of rotatable bonds is 3. The van der Waals surface area contributed by atoms with Crippen LogP contribution >= 0.6 is 0 Å². The van der Waals surface area contributed by atoms with Crippen molar-refractivity contribution in [3.63, 3.8) is 0 Å². The Morgan fingerprint density at radius 2 is 1.67 bits per heavy atom. The van der Waals surface area contributed by atoms with E-state index in [2.05, 4.69) is 4.89 Å². The Morgan fingerprint density at radius 1 is 1.33 bits per heavy atom. The summed E-state index contributed by atoms with van der Waals surface area (Å²) in [5, 5.41) is 15.8. The fourth-order valence-corrected chi connectivity index (χ4v) is 0.304. The van der Waals surface area contributed by atoms with Crippen LogP contribution in [0.25, 0.3) is 0 Å². The Balaban J connectivity index is 0. The first kappa shape index (κ1) is 16.2. The molecule has 1 unspecified atom stereocenters. The molecule has 90 valence electrons. The van der Waals surface area contributed by atoms with Crippen molar-refractivity contribution in [3.05, 3.63) is 0 Å². The zero-order valence-corrected chi connectivity index (χ0v) is 7.92. The molecule has 0 spiro atoms. The van der Waals surface area contributed by atoms with E-state index in [9.17, 15) is 9.59 Å². The summed E-state index contributed by atoms with van der Waals surface area (Å²) < 4.78 is 31.6. The molecule has 0 aliphatic rings. The predicted molar refractivity (Wildman–Crippen MR) is 43.1 cm³/mol. The Kier molecular flexibility index (Phi) is 7.63. The van der Waals surface area contributed by atoms with Gasteiger partial charge in [-0.2, -0.15) is 13.7 Å². The van der Waals surface area contributed by atoms with Gasteiger partial charge in [0.2, 0.25) is 0 Å². The highest BCUT2D eigenvalue weighted by molar-refractivity contribution is 7.79. The normalized spacial score (nSPS) is 12.0. The highest BCUT2D eigenvalue weighted by atomic mass is 32.3. The Labute approximate surface area is 83.8 Å². The third kappa shape index (κ3) is 19.2. The second-order valence-corrected chi connectivity index (χ2v) is 2.96. The third-order valence-electron chi connectivity index (χ3n) is 0.806. The minimum atomic E-state index is -4.67. The van der Waals surface area contributed by atoms with Gasteiger partial charge in [-0.1, -0.05) is 0 Å². The second-order valence-electron chi connectivity index (χ2n) is 2.06. The summed E-state index contributed by atoms with van der Waals surface area (Å²) in [6.07, 6.45) is -0.536. The van der Waals surface area contributed by atoms with Crippen molar-refractivity contribution in [1.29, 1.82) is 0 Å². The monoisotopic (exact) mass is 247 g/mol. The third-order valence-corrected chi connectivity index (χ3v) is 0.806. The molecule has 0 aliphatic heterocycles. The molecule has 0 amide bonds. The molecule has 0 heterocycles. The van der Waals surface area contributed by atoms with Crippen molar-refractivity contribution in [2.24, 2.45) is 5.73 Å². The lowest BCUT2D eigenvalue weighted by Crippen LogP contribution is -2.32. The summed E-state index contributed by atoms with van der Waals surface area (Å²) in [5.74, 6) is -2.37. The molecule has 0 bridgehead atoms. The van der Waals surface area contributed by atoms with Crippen molar-refractivity contribution < 1.29 is 42.4 Å². The molecule has 6 N–H and O–H groups in total. The van der Waals surface area contributed by atoms with Crippen LogP contribution in [0.5, 0.6) is 0 Å². The molecule has 0 radical (unpaired) electrons. The van der Waals surface area contributed by atoms with E-state index in [0.29, 0.717) is 0 Å². The van der Waals surface area contributed by atoms with Crippen molar-refractivity contribution in [3.8, 4) is 0 Å². The molecule has 10 nitrogen and oxygen atoms in total. The molecule has 11 heteroatoms. The summed E-state index contributed by atoms with van der Waals surface area (Å²) in [4.78, 5) is 23.2. The molecule has 1 atom stereocenters. The van der Waals surface area contributed by atoms with E-state index < -0.39 is 34.8 Å². The van der Waals surface area contributed by atoms with Crippen LogP contribution in [0.4, 0.5) is 0 Å². The molecule has 0 aromatic heterocycles. The van der Waals surface area contributed by atoms with Crippen molar-refractivity contribution in [2.45, 2.75) is 12.5 Å². The van der Waals surface area contributed by atoms with Crippen molar-refractivity contribution in [2.75, 3.05) is 0 Å². The quantitative estimate of drug-likeness (QED) is 0.215. The Bertz CT molecular complexity index is 300. The van der Waals surface area contributed by atoms with Gasteiger partial charge in [0.05, 0.1) is 6.42 Å². The van der Waals surface area contributed by atoms with E-state index in [1.165, 1.54) is 0 Å². The van der Waals surface area contributed by atoms with Gasteiger partial charge in [-0.15, -0.1) is 0 Å². The van der Waals surface area contributed by atoms with Gasteiger partial charge in [0, 0.05) is 0 Å². The molecular weight excluding hydrogens is 238 g/mol. The van der Waals surface area contributed by atoms with E-state index in [1.807, 2.05) is 0 Å². The lowest BCUT2D eigenvalue weighted by Gasteiger charge is -2.00. The number of nitrogens with two attached hydrogens (primary N) is 1. The lowest BCUT2D eigenvalue weighted by molar-refractivity contribution is -0.234. The van der Waals surface area contributed by atoms with Crippen LogP contribution in [0, 0.1) is 0 Å². The van der Waals surface area contributed by atoms with E-state index >= 15 is 0 Å². The van der Waals surface area contributed by atoms with E-state index in [4.69, 9.17) is 33.6 Å². The average Bonchev–Trinajstić information content (AvgIpc) is 2.00. The van der Waals surface area contributed by atoms with Crippen LogP contribution in [-0.4, -0.2) is 45.9 Å². The van der Waals surface area contributed by atoms with Crippen molar-refractivity contribution in [1.82, 2.24) is 0 Å². The molecule has 0 aromatic rings. The number of hydrogen-bond acceptors (Lipinski definition) is 7. The first-order valence-electron chi connectivity index (χ1n) is 3.10. The molecule has 0 saturated heterocycles. The number of carbonyl (C=O) groups excluding carboxylic acids is 1. The van der Waals surface area contributed by atoms with Crippen molar-refractivity contribution >= 4 is 22.3 Å². The van der Waals surface area contributed by atoms with E-state index in [0.717, 1.165) is 0 Å². The lowest BCUT2D eigenvalue weighted by atomic mass is 10.2. The van der Waals surface area contributed by atoms with Gasteiger partial charge >= 0.3 is 22.3 Å². The summed E-state index contributed by atoms with van der Waals surface area (Å²) >= 11 is 0. The van der Waals surface area contributed by atoms with Crippen LogP contribution in [-0.2, 0) is 24.9 Å². The number of carbonyl (C=O) groups is 2. The number of hydrogen-bond donors (Lipinski definition) is 5. The van der Waals surface area contributed by atoms with Gasteiger partial charge in [0.25, 0.3) is 0 Å². The zero-order valence-electron chi connectivity index (χ0n) is 7.10. The van der Waals surface area contributed by atoms with Gasteiger partial charge in [0.1, 0.15) is 6.04 Å². The summed E-state index contributed by atoms with van der Waals surface area (Å²) in [7, 11) is -4.67. The predicted octanol–water partition coefficient (Wildman–Crippen LogP) is -1.85. The summed E-state index contributed by atoms with van der Waals surface area (Å²) in [6.45, 7) is 0. The largest absolute Gasteiger partial charge is 0.480 e. The average molecular weight is 247 g/mol. The number of carboxylic acid groups (broad SMARTS) is 1. The van der Waals surface area contributed by atoms with Crippen LogP contribution in [0.1, 0.15) is 6.42 Å². The number of aliphatic carboxylic acids is 1. The maximum Gasteiger partial charge on any atom is 0.394 e. The van der Waals surface area contributed by atoms with Gasteiger partial charge in [-0.25, -0.2) is 4.79 Å². The van der Waals surface area contributed by atoms with E-state index in [1.54, 1.807) is 0 Å². The van der Waals surface area contributed by atoms with Crippen LogP contribution in [0.3, 0.4) is 0 Å². The maximum atomic E-state index is 10.1. The topological polar surface area (TPSA) is 184 Å². The highest BCUT2D eigenvalue weighted by Gasteiger charge is 2.16. The van der Waals surface area contributed by atoms with Crippen LogP contribution < -0.4 is 5.73 Å². The fourth-order valence-electron chi connectivity index (χ4n) is 0.304. The van der Waals surface area contributed by atoms with Gasteiger partial charge in [-0.05, 0) is 0 Å². The minimum Gasteiger partial charge on any atom is -0.480 e. The molecular formula is C4H9NO9S. The molecule has 0 rings (SSSR count). The fraction of sp³-hybridized carbons (Fsp3) is 0.500. The highest BCUT2D eigenvalue weighted by Crippen LogP contribution is 1.89. The first-order chi connectivity index (χ1) is 6.57. The van der Waals surface area contributed by atoms with Crippen LogP contribution in [0.15, 0.2) is 0 Å². The Hall–Kier alpha value is -1.27. The molecule has 15 heavy (non-hydrogen) atoms. The van der Waals surface area contributed by atoms with Crippen LogP contribution in [0.2, 0.25) is 0 Å². The van der Waals surface area contributed by atoms with Gasteiger partial charge < -0.3 is 15.7 Å². The molecule has 0 aromatic carbocycles. The SMILES string of the molecule is NC(CC(=O)OO)C(=O)O.O=S(=O)(O)O.